The van der Waals surface area contributed by atoms with Crippen LogP contribution in [0.4, 0.5) is 0 Å². The van der Waals surface area contributed by atoms with Crippen LogP contribution in [0.15, 0.2) is 40.8 Å². The van der Waals surface area contributed by atoms with Crippen molar-refractivity contribution < 1.29 is 14.4 Å². The Balaban J connectivity index is 2.68. The fourth-order valence-electron chi connectivity index (χ4n) is 1.79. The Morgan fingerprint density at radius 2 is 1.79 bits per heavy atom. The highest BCUT2D eigenvalue weighted by molar-refractivity contribution is 6.27. The number of amides is 1. The highest BCUT2D eigenvalue weighted by Gasteiger charge is 2.31. The molecule has 0 saturated heterocycles. The van der Waals surface area contributed by atoms with Crippen molar-refractivity contribution in [1.82, 2.24) is 5.32 Å². The molecular weight excluding hydrogens is 248 g/mol. The van der Waals surface area contributed by atoms with E-state index in [0.717, 1.165) is 0 Å². The normalized spacial score (nSPS) is 13.7. The predicted octanol–water partition coefficient (Wildman–Crippen LogP) is 1.72. The average Bonchev–Trinajstić information content (AvgIpc) is 2.39. The second kappa shape index (κ2) is 4.75. The van der Waals surface area contributed by atoms with Crippen molar-refractivity contribution in [3.63, 3.8) is 0 Å². The Hall–Kier alpha value is -2.92. The number of nitrogens with one attached hydrogen (secondary N) is 1. The summed E-state index contributed by atoms with van der Waals surface area (Å²) < 4.78 is 0. The van der Waals surface area contributed by atoms with Gasteiger partial charge in [-0.25, -0.2) is 0 Å². The van der Waals surface area contributed by atoms with E-state index in [1.54, 1.807) is 12.1 Å². The van der Waals surface area contributed by atoms with Gasteiger partial charge in [0.2, 0.25) is 11.7 Å². The summed E-state index contributed by atoms with van der Waals surface area (Å²) in [5.41, 5.74) is 8.13. The minimum Gasteiger partial charge on any atom is -0.323 e. The van der Waals surface area contributed by atoms with Gasteiger partial charge in [0.25, 0.3) is 0 Å². The van der Waals surface area contributed by atoms with Crippen LogP contribution in [0, 0.1) is 0 Å². The van der Waals surface area contributed by atoms with Gasteiger partial charge in [-0.3, -0.25) is 14.4 Å². The van der Waals surface area contributed by atoms with E-state index in [-0.39, 0.29) is 22.5 Å². The first-order valence-corrected chi connectivity index (χ1v) is 5.31. The summed E-state index contributed by atoms with van der Waals surface area (Å²) in [5, 5.41) is 5.47. The number of rotatable bonds is 2. The molecule has 7 nitrogen and oxygen atoms in total. The van der Waals surface area contributed by atoms with E-state index in [4.69, 9.17) is 5.53 Å². The number of carbonyl (C=O) groups excluding carboxylic acids is 3. The number of fused-ring (bicyclic) bond motifs is 1. The van der Waals surface area contributed by atoms with Crippen LogP contribution in [0.2, 0.25) is 0 Å². The maximum atomic E-state index is 12.2. The molecule has 0 aliphatic heterocycles. The largest absolute Gasteiger partial charge is 0.323 e. The lowest BCUT2D eigenvalue weighted by Gasteiger charge is -2.18. The molecule has 0 radical (unpaired) electrons. The summed E-state index contributed by atoms with van der Waals surface area (Å²) in [6, 6.07) is 6.15. The number of ketones is 2. The van der Waals surface area contributed by atoms with Gasteiger partial charge in [0.1, 0.15) is 11.4 Å². The summed E-state index contributed by atoms with van der Waals surface area (Å²) in [5.74, 6) is -1.66. The van der Waals surface area contributed by atoms with Gasteiger partial charge >= 0.3 is 0 Å². The monoisotopic (exact) mass is 256 g/mol. The zero-order valence-corrected chi connectivity index (χ0v) is 9.88. The first kappa shape index (κ1) is 12.5. The second-order valence-corrected chi connectivity index (χ2v) is 3.80. The van der Waals surface area contributed by atoms with Crippen molar-refractivity contribution in [2.75, 3.05) is 0 Å². The third kappa shape index (κ3) is 2.10. The average molecular weight is 256 g/mol. The van der Waals surface area contributed by atoms with Crippen molar-refractivity contribution in [3.8, 4) is 0 Å². The summed E-state index contributed by atoms with van der Waals surface area (Å²) in [6.45, 7) is 1.19. The lowest BCUT2D eigenvalue weighted by atomic mass is 9.90. The number of benzene rings is 1. The molecule has 1 N–H and O–H groups in total. The molecule has 0 saturated carbocycles. The lowest BCUT2D eigenvalue weighted by Crippen LogP contribution is -2.32. The molecule has 0 bridgehead atoms. The van der Waals surface area contributed by atoms with E-state index >= 15 is 0 Å². The second-order valence-electron chi connectivity index (χ2n) is 3.80. The molecule has 1 aromatic carbocycles. The van der Waals surface area contributed by atoms with Crippen LogP contribution in [0.3, 0.4) is 0 Å². The molecule has 1 aliphatic rings. The zero-order chi connectivity index (χ0) is 14.0. The van der Waals surface area contributed by atoms with Crippen molar-refractivity contribution in [2.24, 2.45) is 5.11 Å². The van der Waals surface area contributed by atoms with Gasteiger partial charge in [-0.2, -0.15) is 0 Å². The van der Waals surface area contributed by atoms with Gasteiger partial charge in [0.15, 0.2) is 5.78 Å². The molecule has 1 aromatic rings. The lowest BCUT2D eigenvalue weighted by molar-refractivity contribution is -0.118. The van der Waals surface area contributed by atoms with Crippen LogP contribution in [-0.2, 0) is 4.79 Å². The fourth-order valence-corrected chi connectivity index (χ4v) is 1.79. The van der Waals surface area contributed by atoms with E-state index in [9.17, 15) is 14.4 Å². The summed E-state index contributed by atoms with van der Waals surface area (Å²) in [6.07, 6.45) is 0. The van der Waals surface area contributed by atoms with Crippen molar-refractivity contribution >= 4 is 17.5 Å². The number of hydrogen-bond donors (Lipinski definition) is 1. The van der Waals surface area contributed by atoms with E-state index in [1.165, 1.54) is 19.1 Å². The van der Waals surface area contributed by atoms with Gasteiger partial charge in [-0.15, -0.1) is 0 Å². The topological polar surface area (TPSA) is 112 Å². The van der Waals surface area contributed by atoms with Gasteiger partial charge in [0.05, 0.1) is 0 Å². The van der Waals surface area contributed by atoms with Gasteiger partial charge in [-0.05, 0) is 5.53 Å². The molecule has 0 fully saturated rings. The molecule has 1 aliphatic carbocycles. The van der Waals surface area contributed by atoms with E-state index < -0.39 is 17.5 Å². The molecule has 0 heterocycles. The van der Waals surface area contributed by atoms with Crippen LogP contribution >= 0.6 is 0 Å². The maximum Gasteiger partial charge on any atom is 0.221 e. The minimum absolute atomic E-state index is 0.156. The molecule has 0 unspecified atom stereocenters. The van der Waals surface area contributed by atoms with Crippen LogP contribution in [-0.4, -0.2) is 17.5 Å². The Morgan fingerprint density at radius 3 is 2.32 bits per heavy atom. The van der Waals surface area contributed by atoms with E-state index in [1.807, 2.05) is 0 Å². The Labute approximate surface area is 107 Å². The quantitative estimate of drug-likeness (QED) is 0.493. The first-order chi connectivity index (χ1) is 9.06. The third-order valence-corrected chi connectivity index (χ3v) is 2.54. The first-order valence-electron chi connectivity index (χ1n) is 5.31. The van der Waals surface area contributed by atoms with Crippen molar-refractivity contribution in [3.05, 3.63) is 57.2 Å². The maximum absolute atomic E-state index is 12.2. The molecule has 1 amide bonds. The predicted molar refractivity (Wildman–Crippen MR) is 65.1 cm³/mol. The number of allylic oxidation sites excluding steroid dienone is 2. The molecule has 7 heteroatoms. The highest BCUT2D eigenvalue weighted by atomic mass is 16.2. The smallest absolute Gasteiger partial charge is 0.221 e. The number of nitrogens with zero attached hydrogens (tertiary/aromatic N) is 3. The zero-order valence-electron chi connectivity index (χ0n) is 9.88. The van der Waals surface area contributed by atoms with Gasteiger partial charge < -0.3 is 5.32 Å². The van der Waals surface area contributed by atoms with Crippen LogP contribution in [0.1, 0.15) is 27.6 Å². The van der Waals surface area contributed by atoms with Crippen LogP contribution in [0.25, 0.3) is 10.4 Å². The summed E-state index contributed by atoms with van der Waals surface area (Å²) in [4.78, 5) is 37.9. The molecular formula is C12H8N4O3. The third-order valence-electron chi connectivity index (χ3n) is 2.54. The van der Waals surface area contributed by atoms with E-state index in [2.05, 4.69) is 15.3 Å². The van der Waals surface area contributed by atoms with Crippen molar-refractivity contribution in [2.45, 2.75) is 6.92 Å². The SMILES string of the molecule is CC(=O)NC1=C(N=[N+]=[N-])C(=O)c2ccccc2C1=O. The Kier molecular flexibility index (Phi) is 3.14. The number of carbonyl (C=O) groups is 3. The molecule has 2 rings (SSSR count). The van der Waals surface area contributed by atoms with Crippen LogP contribution in [0.5, 0.6) is 0 Å². The Bertz CT molecular complexity index is 684. The highest BCUT2D eigenvalue weighted by Crippen LogP contribution is 2.25. The molecule has 0 aromatic heterocycles. The molecule has 0 atom stereocenters. The van der Waals surface area contributed by atoms with Gasteiger partial charge in [-0.1, -0.05) is 29.4 Å². The van der Waals surface area contributed by atoms with E-state index in [0.29, 0.717) is 0 Å². The standard InChI is InChI=1S/C12H8N4O3/c1-6(17)14-9-10(15-16-13)12(19)8-5-3-2-4-7(8)11(9)18/h2-5H,1H3,(H,14,17). The molecule has 19 heavy (non-hydrogen) atoms. The number of Topliss-reactive ketones (excluding diaryl/α,β-unsaturated/α-hetero) is 2. The van der Waals surface area contributed by atoms with Crippen molar-refractivity contribution in [1.29, 1.82) is 0 Å². The molecule has 94 valence electrons. The summed E-state index contributed by atoms with van der Waals surface area (Å²) >= 11 is 0. The number of azide groups is 1. The molecule has 0 spiro atoms. The van der Waals surface area contributed by atoms with Crippen LogP contribution < -0.4 is 5.32 Å². The minimum atomic E-state index is -0.586. The summed E-state index contributed by atoms with van der Waals surface area (Å²) in [7, 11) is 0. The number of hydrogen-bond acceptors (Lipinski definition) is 4. The fraction of sp³-hybridized carbons (Fsp3) is 0.0833. The Morgan fingerprint density at radius 1 is 1.21 bits per heavy atom. The van der Waals surface area contributed by atoms with Gasteiger partial charge in [0, 0.05) is 23.0 Å².